The molecule has 0 aliphatic carbocycles. The van der Waals surface area contributed by atoms with E-state index in [1.165, 1.54) is 24.2 Å². The molecule has 5 nitrogen and oxygen atoms in total. The first-order chi connectivity index (χ1) is 9.68. The number of nitrogens with zero attached hydrogens (tertiary/aromatic N) is 2. The first kappa shape index (κ1) is 13.6. The molecule has 0 unspecified atom stereocenters. The van der Waals surface area contributed by atoms with Crippen LogP contribution in [0.15, 0.2) is 65.6 Å². The first-order valence-corrected chi connectivity index (χ1v) is 5.97. The van der Waals surface area contributed by atoms with E-state index in [9.17, 15) is 4.79 Å². The van der Waals surface area contributed by atoms with Gasteiger partial charge in [0, 0.05) is 13.2 Å². The van der Waals surface area contributed by atoms with Crippen molar-refractivity contribution in [1.29, 1.82) is 0 Å². The second-order valence-electron chi connectivity index (χ2n) is 4.02. The normalized spacial score (nSPS) is 9.65. The minimum Gasteiger partial charge on any atom is -0.478 e. The zero-order valence-electron chi connectivity index (χ0n) is 10.9. The number of aromatic nitrogens is 2. The van der Waals surface area contributed by atoms with Gasteiger partial charge < -0.3 is 9.52 Å². The Balaban J connectivity index is 0.000000160. The van der Waals surface area contributed by atoms with Crippen LogP contribution in [0.4, 0.5) is 0 Å². The van der Waals surface area contributed by atoms with Gasteiger partial charge in [0.15, 0.2) is 0 Å². The smallest absolute Gasteiger partial charge is 0.338 e. The molecule has 1 aromatic carbocycles. The molecule has 0 atom stereocenters. The van der Waals surface area contributed by atoms with Gasteiger partial charge in [-0.1, -0.05) is 30.3 Å². The Morgan fingerprint density at radius 1 is 1.20 bits per heavy atom. The summed E-state index contributed by atoms with van der Waals surface area (Å²) in [6, 6.07) is 13.6. The van der Waals surface area contributed by atoms with Crippen molar-refractivity contribution in [2.75, 3.05) is 0 Å². The van der Waals surface area contributed by atoms with Gasteiger partial charge in [0.2, 0.25) is 0 Å². The van der Waals surface area contributed by atoms with Crippen LogP contribution < -0.4 is 0 Å². The van der Waals surface area contributed by atoms with E-state index in [0.29, 0.717) is 0 Å². The van der Waals surface area contributed by atoms with Crippen LogP contribution in [0.25, 0.3) is 11.3 Å². The van der Waals surface area contributed by atoms with Crippen LogP contribution in [0.2, 0.25) is 0 Å². The van der Waals surface area contributed by atoms with Crippen LogP contribution >= 0.6 is 0 Å². The molecule has 2 heterocycles. The summed E-state index contributed by atoms with van der Waals surface area (Å²) in [5.41, 5.74) is 2.54. The molecular weight excluding hydrogens is 256 g/mol. The number of furan rings is 1. The second-order valence-corrected chi connectivity index (χ2v) is 4.02. The molecule has 5 heteroatoms. The van der Waals surface area contributed by atoms with Crippen LogP contribution in [0, 0.1) is 0 Å². The summed E-state index contributed by atoms with van der Waals surface area (Å²) >= 11 is 0. The highest BCUT2D eigenvalue weighted by Gasteiger charge is 2.00. The fraction of sp³-hybridized carbons (Fsp3) is 0.0667. The molecule has 1 N–H and O–H groups in total. The molecule has 20 heavy (non-hydrogen) atoms. The maximum atomic E-state index is 10.0. The van der Waals surface area contributed by atoms with Gasteiger partial charge in [0.25, 0.3) is 0 Å². The summed E-state index contributed by atoms with van der Waals surface area (Å²) in [7, 11) is 1.95. The lowest BCUT2D eigenvalue weighted by Gasteiger charge is -1.99. The molecule has 2 aromatic heterocycles. The van der Waals surface area contributed by atoms with Gasteiger partial charge in [-0.05, 0) is 17.7 Å². The third kappa shape index (κ3) is 3.35. The van der Waals surface area contributed by atoms with Crippen LogP contribution in [0.1, 0.15) is 10.4 Å². The lowest BCUT2D eigenvalue weighted by Crippen LogP contribution is -1.92. The lowest BCUT2D eigenvalue weighted by molar-refractivity contribution is 0.0696. The number of hydrogen-bond acceptors (Lipinski definition) is 3. The van der Waals surface area contributed by atoms with Crippen molar-refractivity contribution in [1.82, 2.24) is 9.78 Å². The van der Waals surface area contributed by atoms with Gasteiger partial charge in [0.1, 0.15) is 6.26 Å². The van der Waals surface area contributed by atoms with Gasteiger partial charge in [-0.3, -0.25) is 4.68 Å². The number of aryl methyl sites for hydroxylation is 1. The van der Waals surface area contributed by atoms with Crippen molar-refractivity contribution < 1.29 is 14.3 Å². The molecule has 0 fully saturated rings. The van der Waals surface area contributed by atoms with Gasteiger partial charge >= 0.3 is 5.97 Å². The Labute approximate surface area is 116 Å². The molecule has 0 aliphatic heterocycles. The summed E-state index contributed by atoms with van der Waals surface area (Å²) in [5, 5.41) is 12.3. The highest BCUT2D eigenvalue weighted by Crippen LogP contribution is 2.16. The molecule has 0 bridgehead atoms. The maximum Gasteiger partial charge on any atom is 0.338 e. The Kier molecular flexibility index (Phi) is 4.34. The molecular formula is C15H14N2O3. The van der Waals surface area contributed by atoms with Crippen LogP contribution in [-0.4, -0.2) is 20.9 Å². The molecule has 0 saturated carbocycles. The fourth-order valence-corrected chi connectivity index (χ4v) is 1.65. The van der Waals surface area contributed by atoms with Crippen molar-refractivity contribution in [3.63, 3.8) is 0 Å². The predicted molar refractivity (Wildman–Crippen MR) is 74.3 cm³/mol. The molecule has 0 radical (unpaired) electrons. The summed E-state index contributed by atoms with van der Waals surface area (Å²) in [6.07, 6.45) is 4.31. The summed E-state index contributed by atoms with van der Waals surface area (Å²) < 4.78 is 6.37. The summed E-state index contributed by atoms with van der Waals surface area (Å²) in [6.45, 7) is 0. The largest absolute Gasteiger partial charge is 0.478 e. The lowest BCUT2D eigenvalue weighted by atomic mass is 10.2. The highest BCUT2D eigenvalue weighted by atomic mass is 16.4. The van der Waals surface area contributed by atoms with E-state index in [2.05, 4.69) is 21.6 Å². The molecule has 3 aromatic rings. The molecule has 3 rings (SSSR count). The second kappa shape index (κ2) is 6.38. The van der Waals surface area contributed by atoms with Crippen LogP contribution in [-0.2, 0) is 7.05 Å². The number of carboxylic acids is 1. The Morgan fingerprint density at radius 2 is 1.95 bits per heavy atom. The van der Waals surface area contributed by atoms with Gasteiger partial charge in [0.05, 0.1) is 17.5 Å². The number of aromatic carboxylic acids is 1. The van der Waals surface area contributed by atoms with E-state index in [0.717, 1.165) is 5.69 Å². The van der Waals surface area contributed by atoms with Gasteiger partial charge in [-0.15, -0.1) is 0 Å². The highest BCUT2D eigenvalue weighted by molar-refractivity contribution is 5.86. The van der Waals surface area contributed by atoms with Crippen molar-refractivity contribution >= 4 is 5.97 Å². The van der Waals surface area contributed by atoms with E-state index < -0.39 is 5.97 Å². The van der Waals surface area contributed by atoms with E-state index >= 15 is 0 Å². The SMILES string of the molecule is Cn1nccc1-c1ccccc1.O=C(O)c1ccoc1. The quantitative estimate of drug-likeness (QED) is 0.777. The summed E-state index contributed by atoms with van der Waals surface area (Å²) in [5.74, 6) is -0.959. The fourth-order valence-electron chi connectivity index (χ4n) is 1.65. The third-order valence-corrected chi connectivity index (χ3v) is 2.66. The zero-order chi connectivity index (χ0) is 14.4. The van der Waals surface area contributed by atoms with Crippen LogP contribution in [0.3, 0.4) is 0 Å². The van der Waals surface area contributed by atoms with E-state index in [4.69, 9.17) is 5.11 Å². The Bertz CT molecular complexity index is 658. The van der Waals surface area contributed by atoms with E-state index in [1.807, 2.05) is 42.2 Å². The minimum atomic E-state index is -0.959. The van der Waals surface area contributed by atoms with Crippen molar-refractivity contribution in [2.45, 2.75) is 0 Å². The average Bonchev–Trinajstić information content (AvgIpc) is 3.11. The standard InChI is InChI=1S/C10H10N2.C5H4O3/c1-12-10(7-8-11-12)9-5-3-2-4-6-9;6-5(7)4-1-2-8-3-4/h2-8H,1H3;1-3H,(H,6,7). The number of rotatable bonds is 2. The van der Waals surface area contributed by atoms with E-state index in [1.54, 1.807) is 0 Å². The molecule has 0 spiro atoms. The summed E-state index contributed by atoms with van der Waals surface area (Å²) in [4.78, 5) is 10.0. The number of benzene rings is 1. The van der Waals surface area contributed by atoms with Crippen molar-refractivity contribution in [2.24, 2.45) is 7.05 Å². The molecule has 0 aliphatic rings. The van der Waals surface area contributed by atoms with Crippen molar-refractivity contribution in [3.8, 4) is 11.3 Å². The van der Waals surface area contributed by atoms with Gasteiger partial charge in [-0.2, -0.15) is 5.10 Å². The average molecular weight is 270 g/mol. The van der Waals surface area contributed by atoms with E-state index in [-0.39, 0.29) is 5.56 Å². The van der Waals surface area contributed by atoms with Gasteiger partial charge in [-0.25, -0.2) is 4.79 Å². The maximum absolute atomic E-state index is 10.0. The first-order valence-electron chi connectivity index (χ1n) is 5.97. The molecule has 0 amide bonds. The Morgan fingerprint density at radius 3 is 2.40 bits per heavy atom. The zero-order valence-corrected chi connectivity index (χ0v) is 10.9. The third-order valence-electron chi connectivity index (χ3n) is 2.66. The van der Waals surface area contributed by atoms with Crippen LogP contribution in [0.5, 0.6) is 0 Å². The Hall–Kier alpha value is -2.82. The topological polar surface area (TPSA) is 68.3 Å². The number of hydrogen-bond donors (Lipinski definition) is 1. The monoisotopic (exact) mass is 270 g/mol. The number of carbonyl (C=O) groups is 1. The predicted octanol–water partition coefficient (Wildman–Crippen LogP) is 3.06. The minimum absolute atomic E-state index is 0.185. The number of carboxylic acid groups (broad SMARTS) is 1. The molecule has 102 valence electrons. The molecule has 0 saturated heterocycles. The van der Waals surface area contributed by atoms with Crippen molar-refractivity contribution in [3.05, 3.63) is 66.8 Å².